The van der Waals surface area contributed by atoms with Crippen LogP contribution in [-0.2, 0) is 0 Å². The molecule has 1 heterocycles. The molecule has 0 atom stereocenters. The van der Waals surface area contributed by atoms with Gasteiger partial charge in [-0.25, -0.2) is 14.8 Å². The largest absolute Gasteiger partial charge is 0.478 e. The first-order valence-corrected chi connectivity index (χ1v) is 9.11. The Kier molecular flexibility index (Phi) is 7.10. The van der Waals surface area contributed by atoms with Crippen LogP contribution in [0.25, 0.3) is 33.5 Å². The number of carboxylic acid groups (broad SMARTS) is 1. The zero-order valence-corrected chi connectivity index (χ0v) is 18.6. The molecule has 8 heteroatoms. The Morgan fingerprint density at radius 1 is 0.742 bits per heavy atom. The second-order valence-electron chi connectivity index (χ2n) is 7.07. The van der Waals surface area contributed by atoms with Crippen LogP contribution in [-0.4, -0.2) is 21.0 Å². The Bertz CT molecular complexity index is 1290. The third kappa shape index (κ3) is 4.55. The molecule has 160 valence electrons. The van der Waals surface area contributed by atoms with Crippen molar-refractivity contribution >= 4 is 53.2 Å². The molecule has 5 N–H and O–H groups in total. The molecule has 0 amide bonds. The zero-order valence-electron chi connectivity index (χ0n) is 16.9. The number of rotatable bonds is 3. The van der Waals surface area contributed by atoms with Crippen molar-refractivity contribution in [1.29, 1.82) is 0 Å². The van der Waals surface area contributed by atoms with E-state index in [2.05, 4.69) is 0 Å². The Morgan fingerprint density at radius 2 is 1.23 bits per heavy atom. The number of benzene rings is 3. The van der Waals surface area contributed by atoms with Crippen molar-refractivity contribution in [3.05, 3.63) is 71.3 Å². The van der Waals surface area contributed by atoms with Gasteiger partial charge in [0.15, 0.2) is 0 Å². The first kappa shape index (κ1) is 23.9. The van der Waals surface area contributed by atoms with Gasteiger partial charge < -0.3 is 16.6 Å². The number of nitrogen functional groups attached to an aromatic ring is 2. The van der Waals surface area contributed by atoms with Crippen molar-refractivity contribution in [2.24, 2.45) is 0 Å². The number of nitrogens with two attached hydrogens (primary N) is 2. The lowest BCUT2D eigenvalue weighted by Crippen LogP contribution is -2.00. The first-order valence-electron chi connectivity index (χ1n) is 9.11. The fourth-order valence-corrected chi connectivity index (χ4v) is 3.17. The number of halogens is 2. The summed E-state index contributed by atoms with van der Waals surface area (Å²) in [6, 6.07) is 16.2. The summed E-state index contributed by atoms with van der Waals surface area (Å²) in [5.74, 6) is -1.01. The maximum atomic E-state index is 11.4. The van der Waals surface area contributed by atoms with Gasteiger partial charge in [-0.05, 0) is 55.3 Å². The molecule has 0 aliphatic rings. The maximum absolute atomic E-state index is 11.4. The van der Waals surface area contributed by atoms with Gasteiger partial charge in [-0.3, -0.25) is 0 Å². The van der Waals surface area contributed by atoms with E-state index in [0.717, 1.165) is 22.3 Å². The number of carbonyl (C=O) groups is 1. The first-order chi connectivity index (χ1) is 13.8. The van der Waals surface area contributed by atoms with Crippen molar-refractivity contribution < 1.29 is 9.90 Å². The Balaban J connectivity index is 0.00000171. The van der Waals surface area contributed by atoms with E-state index >= 15 is 0 Å². The molecule has 0 aliphatic heterocycles. The Labute approximate surface area is 192 Å². The number of aromatic nitrogens is 2. The Hall–Kier alpha value is -3.35. The minimum Gasteiger partial charge on any atom is -0.478 e. The van der Waals surface area contributed by atoms with Crippen molar-refractivity contribution in [3.8, 4) is 22.5 Å². The molecule has 0 bridgehead atoms. The van der Waals surface area contributed by atoms with Gasteiger partial charge in [0.2, 0.25) is 0 Å². The molecule has 4 rings (SSSR count). The average molecular weight is 457 g/mol. The van der Waals surface area contributed by atoms with Gasteiger partial charge in [-0.15, -0.1) is 24.8 Å². The normalized spacial score (nSPS) is 10.3. The zero-order chi connectivity index (χ0) is 20.7. The smallest absolute Gasteiger partial charge is 0.335 e. The lowest BCUT2D eigenvalue weighted by atomic mass is 10.00. The number of carboxylic acids is 1. The number of nitrogens with zero attached hydrogens (tertiary/aromatic N) is 2. The van der Waals surface area contributed by atoms with Gasteiger partial charge in [-0.1, -0.05) is 24.3 Å². The van der Waals surface area contributed by atoms with E-state index in [1.54, 1.807) is 6.07 Å². The molecule has 0 saturated carbocycles. The molecule has 31 heavy (non-hydrogen) atoms. The fourth-order valence-electron chi connectivity index (χ4n) is 3.17. The van der Waals surface area contributed by atoms with Crippen molar-refractivity contribution in [3.63, 3.8) is 0 Å². The standard InChI is InChI=1S/C23H20N4O2.2ClH/c1-12-3-5-14(9-17(12)24)21-22(15-6-4-13(2)18(25)10-15)27-20-11-16(23(28)29)7-8-19(20)26-21;;/h3-11H,24-25H2,1-2H3,(H,28,29);2*1H. The maximum Gasteiger partial charge on any atom is 0.335 e. The summed E-state index contributed by atoms with van der Waals surface area (Å²) < 4.78 is 0. The van der Waals surface area contributed by atoms with Crippen LogP contribution in [0.15, 0.2) is 54.6 Å². The molecule has 1 aromatic heterocycles. The van der Waals surface area contributed by atoms with E-state index in [0.29, 0.717) is 33.8 Å². The molecule has 3 aromatic carbocycles. The summed E-state index contributed by atoms with van der Waals surface area (Å²) >= 11 is 0. The van der Waals surface area contributed by atoms with Crippen LogP contribution in [0.4, 0.5) is 11.4 Å². The minimum atomic E-state index is -1.01. The minimum absolute atomic E-state index is 0. The highest BCUT2D eigenvalue weighted by Gasteiger charge is 2.16. The van der Waals surface area contributed by atoms with E-state index < -0.39 is 5.97 Å². The van der Waals surface area contributed by atoms with Crippen LogP contribution in [0.1, 0.15) is 21.5 Å². The van der Waals surface area contributed by atoms with Crippen molar-refractivity contribution in [1.82, 2.24) is 9.97 Å². The number of aromatic carboxylic acids is 1. The van der Waals surface area contributed by atoms with Gasteiger partial charge in [0, 0.05) is 22.5 Å². The second kappa shape index (κ2) is 9.20. The van der Waals surface area contributed by atoms with Gasteiger partial charge in [0.05, 0.1) is 28.0 Å². The van der Waals surface area contributed by atoms with Gasteiger partial charge in [0.1, 0.15) is 0 Å². The molecule has 4 aromatic rings. The number of fused-ring (bicyclic) bond motifs is 1. The SMILES string of the molecule is Cc1ccc(-c2nc3ccc(C(=O)O)cc3nc2-c2ccc(C)c(N)c2)cc1N.Cl.Cl. The fraction of sp³-hybridized carbons (Fsp3) is 0.0870. The number of aryl methyl sites for hydroxylation is 2. The predicted octanol–water partition coefficient (Wildman–Crippen LogP) is 5.29. The third-order valence-corrected chi connectivity index (χ3v) is 5.02. The molecule has 0 spiro atoms. The van der Waals surface area contributed by atoms with Crippen LogP contribution in [0.2, 0.25) is 0 Å². The van der Waals surface area contributed by atoms with E-state index in [1.807, 2.05) is 50.2 Å². The highest BCUT2D eigenvalue weighted by Crippen LogP contribution is 2.34. The summed E-state index contributed by atoms with van der Waals surface area (Å²) in [4.78, 5) is 20.9. The monoisotopic (exact) mass is 456 g/mol. The lowest BCUT2D eigenvalue weighted by Gasteiger charge is -2.13. The highest BCUT2D eigenvalue weighted by atomic mass is 35.5. The van der Waals surface area contributed by atoms with Gasteiger partial charge in [0.25, 0.3) is 0 Å². The highest BCUT2D eigenvalue weighted by molar-refractivity contribution is 5.94. The molecule has 6 nitrogen and oxygen atoms in total. The number of hydrogen-bond donors (Lipinski definition) is 3. The second-order valence-corrected chi connectivity index (χ2v) is 7.07. The van der Waals surface area contributed by atoms with Crippen LogP contribution in [0.5, 0.6) is 0 Å². The molecule has 0 fully saturated rings. The molecule has 0 saturated heterocycles. The van der Waals surface area contributed by atoms with Gasteiger partial charge >= 0.3 is 5.97 Å². The average Bonchev–Trinajstić information content (AvgIpc) is 2.70. The van der Waals surface area contributed by atoms with E-state index in [9.17, 15) is 9.90 Å². The number of hydrogen-bond acceptors (Lipinski definition) is 5. The van der Waals surface area contributed by atoms with Crippen molar-refractivity contribution in [2.45, 2.75) is 13.8 Å². The van der Waals surface area contributed by atoms with Gasteiger partial charge in [-0.2, -0.15) is 0 Å². The molecular weight excluding hydrogens is 435 g/mol. The summed E-state index contributed by atoms with van der Waals surface area (Å²) in [5.41, 5.74) is 19.7. The lowest BCUT2D eigenvalue weighted by molar-refractivity contribution is 0.0697. The summed E-state index contributed by atoms with van der Waals surface area (Å²) in [7, 11) is 0. The van der Waals surface area contributed by atoms with Crippen LogP contribution in [0.3, 0.4) is 0 Å². The van der Waals surface area contributed by atoms with Crippen LogP contribution < -0.4 is 11.5 Å². The quantitative estimate of drug-likeness (QED) is 0.360. The van der Waals surface area contributed by atoms with E-state index in [1.165, 1.54) is 12.1 Å². The summed E-state index contributed by atoms with van der Waals surface area (Å²) in [5, 5.41) is 9.31. The third-order valence-electron chi connectivity index (χ3n) is 5.02. The summed E-state index contributed by atoms with van der Waals surface area (Å²) in [6.07, 6.45) is 0. The molecular formula is C23H22Cl2N4O2. The molecule has 0 unspecified atom stereocenters. The molecule has 0 aliphatic carbocycles. The van der Waals surface area contributed by atoms with Crippen LogP contribution in [0, 0.1) is 13.8 Å². The van der Waals surface area contributed by atoms with E-state index in [4.69, 9.17) is 21.4 Å². The van der Waals surface area contributed by atoms with Crippen molar-refractivity contribution in [2.75, 3.05) is 11.5 Å². The molecule has 0 radical (unpaired) electrons. The predicted molar refractivity (Wildman–Crippen MR) is 130 cm³/mol. The Morgan fingerprint density at radius 3 is 1.68 bits per heavy atom. The van der Waals surface area contributed by atoms with Crippen LogP contribution >= 0.6 is 24.8 Å². The summed E-state index contributed by atoms with van der Waals surface area (Å²) in [6.45, 7) is 3.88. The number of anilines is 2. The van der Waals surface area contributed by atoms with E-state index in [-0.39, 0.29) is 30.4 Å². The topological polar surface area (TPSA) is 115 Å².